The summed E-state index contributed by atoms with van der Waals surface area (Å²) in [4.78, 5) is 16.8. The number of carbonyl (C=O) groups is 1. The summed E-state index contributed by atoms with van der Waals surface area (Å²) < 4.78 is 0. The summed E-state index contributed by atoms with van der Waals surface area (Å²) in [6.07, 6.45) is 1.40. The lowest BCUT2D eigenvalue weighted by atomic mass is 10.1. The Labute approximate surface area is 83.5 Å². The summed E-state index contributed by atoms with van der Waals surface area (Å²) in [5, 5.41) is 3.13. The van der Waals surface area contributed by atoms with Crippen LogP contribution in [0.4, 0.5) is 0 Å². The third-order valence-electron chi connectivity index (χ3n) is 2.33. The molecule has 1 unspecified atom stereocenters. The van der Waals surface area contributed by atoms with Gasteiger partial charge < -0.3 is 10.2 Å². The maximum atomic E-state index is 11.2. The number of likely N-dealkylation sites (tertiary alicyclic amines) is 1. The molecule has 1 aliphatic heterocycles. The van der Waals surface area contributed by atoms with E-state index in [0.29, 0.717) is 18.9 Å². The maximum Gasteiger partial charge on any atom is 0.222 e. The van der Waals surface area contributed by atoms with Crippen molar-refractivity contribution >= 4 is 11.9 Å². The smallest absolute Gasteiger partial charge is 0.222 e. The topological polar surface area (TPSA) is 82.7 Å². The number of nitrogens with one attached hydrogen (secondary N) is 2. The second-order valence-electron chi connectivity index (χ2n) is 3.37. The number of hydrogen-bond donors (Lipinski definition) is 3. The van der Waals surface area contributed by atoms with Crippen molar-refractivity contribution in [1.82, 2.24) is 15.6 Å². The summed E-state index contributed by atoms with van der Waals surface area (Å²) in [5.74, 6) is 5.99. The van der Waals surface area contributed by atoms with Crippen LogP contribution >= 0.6 is 0 Å². The fourth-order valence-electron chi connectivity index (χ4n) is 1.49. The third kappa shape index (κ3) is 2.59. The highest BCUT2D eigenvalue weighted by Crippen LogP contribution is 2.08. The van der Waals surface area contributed by atoms with Crippen molar-refractivity contribution < 1.29 is 4.79 Å². The van der Waals surface area contributed by atoms with Gasteiger partial charge in [0.25, 0.3) is 0 Å². The minimum Gasteiger partial charge on any atom is -0.351 e. The van der Waals surface area contributed by atoms with Crippen LogP contribution in [0.25, 0.3) is 0 Å². The van der Waals surface area contributed by atoms with Crippen LogP contribution < -0.4 is 16.6 Å². The number of rotatable bonds is 1. The standard InChI is InChI=1S/C8H17N5O/c1-10-8(12-9)11-6-3-4-7(14)13(2)5-6/h6H,3-5,9H2,1-2H3,(H2,10,11,12). The predicted octanol–water partition coefficient (Wildman–Crippen LogP) is -1.35. The first-order chi connectivity index (χ1) is 6.67. The quantitative estimate of drug-likeness (QED) is 0.211. The van der Waals surface area contributed by atoms with Crippen molar-refractivity contribution in [3.8, 4) is 0 Å². The van der Waals surface area contributed by atoms with Crippen LogP contribution in [0.2, 0.25) is 0 Å². The van der Waals surface area contributed by atoms with Gasteiger partial charge in [-0.25, -0.2) is 5.84 Å². The van der Waals surface area contributed by atoms with Gasteiger partial charge in [-0.05, 0) is 6.42 Å². The van der Waals surface area contributed by atoms with E-state index in [9.17, 15) is 4.79 Å². The van der Waals surface area contributed by atoms with Crippen LogP contribution in [0.3, 0.4) is 0 Å². The lowest BCUT2D eigenvalue weighted by Crippen LogP contribution is -2.53. The molecular weight excluding hydrogens is 182 g/mol. The number of guanidine groups is 1. The second kappa shape index (κ2) is 4.80. The van der Waals surface area contributed by atoms with Crippen LogP contribution in [0.1, 0.15) is 12.8 Å². The molecule has 0 spiro atoms. The highest BCUT2D eigenvalue weighted by Gasteiger charge is 2.22. The van der Waals surface area contributed by atoms with E-state index in [1.807, 2.05) is 0 Å². The Hall–Kier alpha value is -1.30. The van der Waals surface area contributed by atoms with E-state index in [0.717, 1.165) is 6.42 Å². The van der Waals surface area contributed by atoms with Gasteiger partial charge in [0.2, 0.25) is 11.9 Å². The van der Waals surface area contributed by atoms with Crippen LogP contribution in [0, 0.1) is 0 Å². The second-order valence-corrected chi connectivity index (χ2v) is 3.37. The molecule has 1 heterocycles. The first kappa shape index (κ1) is 10.8. The van der Waals surface area contributed by atoms with Crippen molar-refractivity contribution in [3.05, 3.63) is 0 Å². The maximum absolute atomic E-state index is 11.2. The van der Waals surface area contributed by atoms with Gasteiger partial charge in [-0.2, -0.15) is 0 Å². The van der Waals surface area contributed by atoms with E-state index in [4.69, 9.17) is 5.84 Å². The molecule has 6 heteroatoms. The molecule has 0 aromatic carbocycles. The lowest BCUT2D eigenvalue weighted by Gasteiger charge is -2.30. The molecule has 1 fully saturated rings. The summed E-state index contributed by atoms with van der Waals surface area (Å²) in [5.41, 5.74) is 2.46. The number of amides is 1. The minimum absolute atomic E-state index is 0.193. The summed E-state index contributed by atoms with van der Waals surface area (Å²) in [6.45, 7) is 0.694. The zero-order chi connectivity index (χ0) is 10.6. The molecule has 14 heavy (non-hydrogen) atoms. The van der Waals surface area contributed by atoms with E-state index >= 15 is 0 Å². The van der Waals surface area contributed by atoms with E-state index in [2.05, 4.69) is 15.7 Å². The average molecular weight is 199 g/mol. The molecule has 1 saturated heterocycles. The fraction of sp³-hybridized carbons (Fsp3) is 0.750. The highest BCUT2D eigenvalue weighted by atomic mass is 16.2. The Kier molecular flexibility index (Phi) is 3.70. The highest BCUT2D eigenvalue weighted by molar-refractivity contribution is 5.80. The molecule has 0 saturated carbocycles. The molecular formula is C8H17N5O. The van der Waals surface area contributed by atoms with Crippen LogP contribution in [0.15, 0.2) is 4.99 Å². The normalized spacial score (nSPS) is 23.6. The van der Waals surface area contributed by atoms with Gasteiger partial charge in [0.05, 0.1) is 0 Å². The number of nitrogens with zero attached hydrogens (tertiary/aromatic N) is 2. The van der Waals surface area contributed by atoms with E-state index < -0.39 is 0 Å². The summed E-state index contributed by atoms with van der Waals surface area (Å²) in [7, 11) is 3.45. The molecule has 1 rings (SSSR count). The largest absolute Gasteiger partial charge is 0.351 e. The van der Waals surface area contributed by atoms with Crippen LogP contribution in [-0.4, -0.2) is 43.4 Å². The van der Waals surface area contributed by atoms with Crippen LogP contribution in [0.5, 0.6) is 0 Å². The van der Waals surface area contributed by atoms with E-state index in [-0.39, 0.29) is 11.9 Å². The molecule has 0 aromatic rings. The number of piperidine rings is 1. The first-order valence-electron chi connectivity index (χ1n) is 4.61. The fourth-order valence-corrected chi connectivity index (χ4v) is 1.49. The number of nitrogens with two attached hydrogens (primary N) is 1. The molecule has 0 radical (unpaired) electrons. The van der Waals surface area contributed by atoms with Gasteiger partial charge in [0, 0.05) is 33.1 Å². The number of aliphatic imine (C=N–C) groups is 1. The Bertz CT molecular complexity index is 240. The van der Waals surface area contributed by atoms with Crippen molar-refractivity contribution in [3.63, 3.8) is 0 Å². The van der Waals surface area contributed by atoms with Gasteiger partial charge in [-0.1, -0.05) is 0 Å². The zero-order valence-corrected chi connectivity index (χ0v) is 8.58. The molecule has 80 valence electrons. The first-order valence-corrected chi connectivity index (χ1v) is 4.61. The number of likely N-dealkylation sites (N-methyl/N-ethyl adjacent to an activating group) is 1. The third-order valence-corrected chi connectivity index (χ3v) is 2.33. The number of hydrogen-bond acceptors (Lipinski definition) is 3. The SMILES string of the molecule is CN=C(NN)NC1CCC(=O)N(C)C1. The van der Waals surface area contributed by atoms with Gasteiger partial charge in [-0.15, -0.1) is 0 Å². The molecule has 1 aliphatic rings. The molecule has 4 N–H and O–H groups in total. The molecule has 6 nitrogen and oxygen atoms in total. The number of hydrazine groups is 1. The zero-order valence-electron chi connectivity index (χ0n) is 8.58. The Balaban J connectivity index is 2.43. The molecule has 1 atom stereocenters. The summed E-state index contributed by atoms with van der Waals surface area (Å²) in [6, 6.07) is 0.229. The van der Waals surface area contributed by atoms with E-state index in [1.165, 1.54) is 0 Å². The Morgan fingerprint density at radius 2 is 2.43 bits per heavy atom. The van der Waals surface area contributed by atoms with Gasteiger partial charge in [0.15, 0.2) is 0 Å². The Morgan fingerprint density at radius 3 is 2.93 bits per heavy atom. The molecule has 0 bridgehead atoms. The Morgan fingerprint density at radius 1 is 1.71 bits per heavy atom. The van der Waals surface area contributed by atoms with Crippen molar-refractivity contribution in [2.24, 2.45) is 10.8 Å². The summed E-state index contributed by atoms with van der Waals surface area (Å²) >= 11 is 0. The molecule has 0 aromatic heterocycles. The predicted molar refractivity (Wildman–Crippen MR) is 54.5 cm³/mol. The molecule has 1 amide bonds. The van der Waals surface area contributed by atoms with E-state index in [1.54, 1.807) is 19.0 Å². The van der Waals surface area contributed by atoms with Gasteiger partial charge >= 0.3 is 0 Å². The van der Waals surface area contributed by atoms with Crippen molar-refractivity contribution in [2.75, 3.05) is 20.6 Å². The number of carbonyl (C=O) groups excluding carboxylic acids is 1. The molecule has 0 aliphatic carbocycles. The van der Waals surface area contributed by atoms with Gasteiger partial charge in [-0.3, -0.25) is 15.2 Å². The van der Waals surface area contributed by atoms with Crippen LogP contribution in [-0.2, 0) is 4.79 Å². The van der Waals surface area contributed by atoms with Crippen molar-refractivity contribution in [2.45, 2.75) is 18.9 Å². The monoisotopic (exact) mass is 199 g/mol. The lowest BCUT2D eigenvalue weighted by molar-refractivity contribution is -0.132. The van der Waals surface area contributed by atoms with Gasteiger partial charge in [0.1, 0.15) is 0 Å². The van der Waals surface area contributed by atoms with Crippen molar-refractivity contribution in [1.29, 1.82) is 0 Å². The minimum atomic E-state index is 0.193. The average Bonchev–Trinajstić information content (AvgIpc) is 2.19.